The first-order valence-corrected chi connectivity index (χ1v) is 8.48. The lowest BCUT2D eigenvalue weighted by atomic mass is 10.1. The van der Waals surface area contributed by atoms with Crippen LogP contribution < -0.4 is 4.90 Å². The van der Waals surface area contributed by atoms with E-state index in [0.717, 1.165) is 28.1 Å². The van der Waals surface area contributed by atoms with E-state index in [1.165, 1.54) is 11.3 Å². The van der Waals surface area contributed by atoms with Gasteiger partial charge in [0.15, 0.2) is 0 Å². The van der Waals surface area contributed by atoms with Crippen LogP contribution in [0.15, 0.2) is 65.3 Å². The topological polar surface area (TPSA) is 29.0 Å². The van der Waals surface area contributed by atoms with Crippen molar-refractivity contribution in [3.8, 4) is 11.3 Å². The van der Waals surface area contributed by atoms with Gasteiger partial charge >= 0.3 is 0 Å². The molecule has 0 aliphatic carbocycles. The monoisotopic (exact) mass is 365 g/mol. The van der Waals surface area contributed by atoms with Crippen molar-refractivity contribution in [2.45, 2.75) is 19.4 Å². The number of halogens is 1. The van der Waals surface area contributed by atoms with E-state index in [1.807, 2.05) is 24.4 Å². The molecule has 1 atom stereocenters. The first-order chi connectivity index (χ1) is 11.2. The second-order valence-corrected chi connectivity index (χ2v) is 6.72. The predicted octanol–water partition coefficient (Wildman–Crippen LogP) is 4.99. The SMILES string of the molecule is CC1Cc2ccccc2N1c1nccc(-c2ccc(Br)cc2)n1. The van der Waals surface area contributed by atoms with E-state index in [1.54, 1.807) is 0 Å². The van der Waals surface area contributed by atoms with Crippen LogP contribution in [-0.2, 0) is 6.42 Å². The summed E-state index contributed by atoms with van der Waals surface area (Å²) in [5, 5.41) is 0. The van der Waals surface area contributed by atoms with E-state index in [-0.39, 0.29) is 0 Å². The van der Waals surface area contributed by atoms with Crippen molar-refractivity contribution in [3.05, 3.63) is 70.8 Å². The molecule has 1 aliphatic rings. The maximum atomic E-state index is 4.80. The zero-order valence-corrected chi connectivity index (χ0v) is 14.4. The number of nitrogens with zero attached hydrogens (tertiary/aromatic N) is 3. The van der Waals surface area contributed by atoms with E-state index in [0.29, 0.717) is 6.04 Å². The van der Waals surface area contributed by atoms with Crippen LogP contribution in [0.25, 0.3) is 11.3 Å². The summed E-state index contributed by atoms with van der Waals surface area (Å²) in [6.07, 6.45) is 2.87. The van der Waals surface area contributed by atoms with Gasteiger partial charge in [0.1, 0.15) is 0 Å². The molecule has 0 amide bonds. The molecule has 23 heavy (non-hydrogen) atoms. The average Bonchev–Trinajstić information content (AvgIpc) is 2.91. The molecule has 2 aromatic carbocycles. The minimum absolute atomic E-state index is 0.368. The molecule has 1 aromatic heterocycles. The zero-order chi connectivity index (χ0) is 15.8. The number of hydrogen-bond donors (Lipinski definition) is 0. The van der Waals surface area contributed by atoms with Crippen LogP contribution in [0.5, 0.6) is 0 Å². The van der Waals surface area contributed by atoms with Crippen LogP contribution in [0.3, 0.4) is 0 Å². The Labute approximate surface area is 144 Å². The Morgan fingerprint density at radius 2 is 1.83 bits per heavy atom. The fourth-order valence-electron chi connectivity index (χ4n) is 3.12. The molecule has 4 rings (SSSR count). The molecule has 0 N–H and O–H groups in total. The Morgan fingerprint density at radius 1 is 1.04 bits per heavy atom. The van der Waals surface area contributed by atoms with E-state index in [2.05, 4.69) is 69.1 Å². The average molecular weight is 366 g/mol. The standard InChI is InChI=1S/C19H16BrN3/c1-13-12-15-4-2-3-5-18(15)23(13)19-21-11-10-17(22-19)14-6-8-16(20)9-7-14/h2-11,13H,12H2,1H3. The molecule has 0 saturated heterocycles. The minimum Gasteiger partial charge on any atom is -0.307 e. The van der Waals surface area contributed by atoms with Crippen LogP contribution in [-0.4, -0.2) is 16.0 Å². The van der Waals surface area contributed by atoms with Gasteiger partial charge in [0.25, 0.3) is 0 Å². The molecule has 4 heteroatoms. The van der Waals surface area contributed by atoms with E-state index in [9.17, 15) is 0 Å². The summed E-state index contributed by atoms with van der Waals surface area (Å²) < 4.78 is 1.07. The molecule has 3 aromatic rings. The van der Waals surface area contributed by atoms with Gasteiger partial charge in [0, 0.05) is 28.0 Å². The Bertz CT molecular complexity index is 845. The lowest BCUT2D eigenvalue weighted by molar-refractivity contribution is 0.740. The van der Waals surface area contributed by atoms with Crippen LogP contribution in [0.1, 0.15) is 12.5 Å². The van der Waals surface area contributed by atoms with E-state index >= 15 is 0 Å². The largest absolute Gasteiger partial charge is 0.307 e. The number of hydrogen-bond acceptors (Lipinski definition) is 3. The maximum Gasteiger partial charge on any atom is 0.230 e. The van der Waals surface area contributed by atoms with Crippen LogP contribution in [0, 0.1) is 0 Å². The first-order valence-electron chi connectivity index (χ1n) is 7.68. The number of fused-ring (bicyclic) bond motifs is 1. The van der Waals surface area contributed by atoms with Crippen molar-refractivity contribution in [2.24, 2.45) is 0 Å². The van der Waals surface area contributed by atoms with Crippen molar-refractivity contribution in [1.29, 1.82) is 0 Å². The molecule has 0 saturated carbocycles. The third kappa shape index (κ3) is 2.63. The number of benzene rings is 2. The van der Waals surface area contributed by atoms with Gasteiger partial charge in [-0.05, 0) is 43.2 Å². The molecule has 1 aliphatic heterocycles. The smallest absolute Gasteiger partial charge is 0.230 e. The fraction of sp³-hybridized carbons (Fsp3) is 0.158. The van der Waals surface area contributed by atoms with Crippen molar-refractivity contribution < 1.29 is 0 Å². The van der Waals surface area contributed by atoms with Crippen molar-refractivity contribution in [2.75, 3.05) is 4.90 Å². The third-order valence-electron chi connectivity index (χ3n) is 4.21. The molecule has 2 heterocycles. The van der Waals surface area contributed by atoms with Gasteiger partial charge in [-0.1, -0.05) is 46.3 Å². The molecular formula is C19H16BrN3. The molecule has 0 fully saturated rings. The molecular weight excluding hydrogens is 350 g/mol. The van der Waals surface area contributed by atoms with Crippen molar-refractivity contribution >= 4 is 27.6 Å². The fourth-order valence-corrected chi connectivity index (χ4v) is 3.38. The second kappa shape index (κ2) is 5.78. The minimum atomic E-state index is 0.368. The highest BCUT2D eigenvalue weighted by atomic mass is 79.9. The predicted molar refractivity (Wildman–Crippen MR) is 96.9 cm³/mol. The van der Waals surface area contributed by atoms with Gasteiger partial charge in [-0.3, -0.25) is 0 Å². The highest BCUT2D eigenvalue weighted by molar-refractivity contribution is 9.10. The molecule has 0 spiro atoms. The highest BCUT2D eigenvalue weighted by Crippen LogP contribution is 2.36. The summed E-state index contributed by atoms with van der Waals surface area (Å²) in [6.45, 7) is 2.22. The molecule has 3 nitrogen and oxygen atoms in total. The Hall–Kier alpha value is -2.20. The van der Waals surface area contributed by atoms with Gasteiger partial charge in [-0.25, -0.2) is 9.97 Å². The number of aromatic nitrogens is 2. The zero-order valence-electron chi connectivity index (χ0n) is 12.8. The van der Waals surface area contributed by atoms with Crippen molar-refractivity contribution in [1.82, 2.24) is 9.97 Å². The summed E-state index contributed by atoms with van der Waals surface area (Å²) >= 11 is 3.47. The summed E-state index contributed by atoms with van der Waals surface area (Å²) in [5.74, 6) is 0.767. The first kappa shape index (κ1) is 14.4. The number of rotatable bonds is 2. The van der Waals surface area contributed by atoms with Crippen LogP contribution in [0.2, 0.25) is 0 Å². The van der Waals surface area contributed by atoms with Gasteiger partial charge in [0.2, 0.25) is 5.95 Å². The lowest BCUT2D eigenvalue weighted by Crippen LogP contribution is -2.25. The Balaban J connectivity index is 1.76. The van der Waals surface area contributed by atoms with Gasteiger partial charge in [-0.2, -0.15) is 0 Å². The molecule has 114 valence electrons. The van der Waals surface area contributed by atoms with E-state index < -0.39 is 0 Å². The van der Waals surface area contributed by atoms with Crippen molar-refractivity contribution in [3.63, 3.8) is 0 Å². The number of anilines is 2. The van der Waals surface area contributed by atoms with Crippen LogP contribution in [0.4, 0.5) is 11.6 Å². The Kier molecular flexibility index (Phi) is 3.62. The summed E-state index contributed by atoms with van der Waals surface area (Å²) in [5.41, 5.74) is 4.61. The van der Waals surface area contributed by atoms with Crippen LogP contribution >= 0.6 is 15.9 Å². The van der Waals surface area contributed by atoms with Gasteiger partial charge < -0.3 is 4.90 Å². The third-order valence-corrected chi connectivity index (χ3v) is 4.73. The van der Waals surface area contributed by atoms with Gasteiger partial charge in [-0.15, -0.1) is 0 Å². The summed E-state index contributed by atoms with van der Waals surface area (Å²) in [4.78, 5) is 11.6. The normalized spacial score (nSPS) is 16.4. The molecule has 1 unspecified atom stereocenters. The number of para-hydroxylation sites is 1. The summed E-state index contributed by atoms with van der Waals surface area (Å²) in [6, 6.07) is 19.0. The molecule has 0 bridgehead atoms. The molecule has 0 radical (unpaired) electrons. The lowest BCUT2D eigenvalue weighted by Gasteiger charge is -2.22. The quantitative estimate of drug-likeness (QED) is 0.640. The van der Waals surface area contributed by atoms with E-state index in [4.69, 9.17) is 4.98 Å². The highest BCUT2D eigenvalue weighted by Gasteiger charge is 2.28. The summed E-state index contributed by atoms with van der Waals surface area (Å²) in [7, 11) is 0. The Morgan fingerprint density at radius 3 is 2.65 bits per heavy atom. The van der Waals surface area contributed by atoms with Gasteiger partial charge in [0.05, 0.1) is 5.69 Å². The maximum absolute atomic E-state index is 4.80. The second-order valence-electron chi connectivity index (χ2n) is 5.80.